The summed E-state index contributed by atoms with van der Waals surface area (Å²) in [5.74, 6) is 0.0494. The molecule has 16 heavy (non-hydrogen) atoms. The molecule has 2 fully saturated rings. The number of rotatable bonds is 6. The third-order valence-corrected chi connectivity index (χ3v) is 2.73. The van der Waals surface area contributed by atoms with Gasteiger partial charge in [-0.3, -0.25) is 4.79 Å². The van der Waals surface area contributed by atoms with E-state index in [2.05, 4.69) is 16.0 Å². The second kappa shape index (κ2) is 5.16. The van der Waals surface area contributed by atoms with Crippen LogP contribution < -0.4 is 16.0 Å². The lowest BCUT2D eigenvalue weighted by molar-refractivity contribution is -0.120. The Morgan fingerprint density at radius 2 is 2.31 bits per heavy atom. The molecule has 1 aliphatic carbocycles. The van der Waals surface area contributed by atoms with Gasteiger partial charge in [-0.2, -0.15) is 0 Å². The van der Waals surface area contributed by atoms with Crippen LogP contribution in [0.4, 0.5) is 4.79 Å². The SMILES string of the molecule is O=C(CNCCN1CCNC1=O)NC1CC1. The first kappa shape index (κ1) is 11.2. The summed E-state index contributed by atoms with van der Waals surface area (Å²) in [6.07, 6.45) is 2.22. The van der Waals surface area contributed by atoms with Gasteiger partial charge in [-0.1, -0.05) is 0 Å². The molecule has 6 heteroatoms. The Morgan fingerprint density at radius 1 is 1.50 bits per heavy atom. The Bertz CT molecular complexity index is 278. The van der Waals surface area contributed by atoms with Crippen molar-refractivity contribution in [2.75, 3.05) is 32.7 Å². The smallest absolute Gasteiger partial charge is 0.317 e. The standard InChI is InChI=1S/C10H18N4O2/c15-9(13-8-1-2-8)7-11-3-5-14-6-4-12-10(14)16/h8,11H,1-7H2,(H,12,16)(H,13,15). The van der Waals surface area contributed by atoms with Gasteiger partial charge in [0.2, 0.25) is 5.91 Å². The number of hydrogen-bond acceptors (Lipinski definition) is 3. The highest BCUT2D eigenvalue weighted by Crippen LogP contribution is 2.18. The molecule has 0 aromatic carbocycles. The molecule has 3 amide bonds. The lowest BCUT2D eigenvalue weighted by atomic mass is 10.5. The van der Waals surface area contributed by atoms with Crippen molar-refractivity contribution in [1.82, 2.24) is 20.9 Å². The minimum atomic E-state index is -0.00997. The molecule has 0 unspecified atom stereocenters. The van der Waals surface area contributed by atoms with Gasteiger partial charge in [-0.05, 0) is 12.8 Å². The number of nitrogens with one attached hydrogen (secondary N) is 3. The molecule has 0 aromatic heterocycles. The highest BCUT2D eigenvalue weighted by molar-refractivity contribution is 5.78. The minimum Gasteiger partial charge on any atom is -0.352 e. The van der Waals surface area contributed by atoms with Gasteiger partial charge in [-0.15, -0.1) is 0 Å². The van der Waals surface area contributed by atoms with Crippen molar-refractivity contribution >= 4 is 11.9 Å². The minimum absolute atomic E-state index is 0.00997. The summed E-state index contributed by atoms with van der Waals surface area (Å²) in [5.41, 5.74) is 0. The number of carbonyl (C=O) groups excluding carboxylic acids is 2. The van der Waals surface area contributed by atoms with Crippen molar-refractivity contribution in [1.29, 1.82) is 0 Å². The Morgan fingerprint density at radius 3 is 2.94 bits per heavy atom. The van der Waals surface area contributed by atoms with E-state index in [1.807, 2.05) is 0 Å². The largest absolute Gasteiger partial charge is 0.352 e. The predicted molar refractivity (Wildman–Crippen MR) is 59.0 cm³/mol. The zero-order valence-corrected chi connectivity index (χ0v) is 9.29. The first-order valence-corrected chi connectivity index (χ1v) is 5.78. The highest BCUT2D eigenvalue weighted by Gasteiger charge is 2.23. The predicted octanol–water partition coefficient (Wildman–Crippen LogP) is -1.12. The van der Waals surface area contributed by atoms with Crippen LogP contribution in [-0.4, -0.2) is 55.6 Å². The summed E-state index contributed by atoms with van der Waals surface area (Å²) in [5, 5.41) is 8.66. The maximum absolute atomic E-state index is 11.3. The van der Waals surface area contributed by atoms with Crippen molar-refractivity contribution in [2.45, 2.75) is 18.9 Å². The third-order valence-electron chi connectivity index (χ3n) is 2.73. The quantitative estimate of drug-likeness (QED) is 0.502. The van der Waals surface area contributed by atoms with E-state index in [4.69, 9.17) is 0 Å². The zero-order valence-electron chi connectivity index (χ0n) is 9.29. The molecule has 2 aliphatic rings. The molecule has 1 saturated heterocycles. The van der Waals surface area contributed by atoms with Gasteiger partial charge in [0.05, 0.1) is 6.54 Å². The highest BCUT2D eigenvalue weighted by atomic mass is 16.2. The molecule has 1 aliphatic heterocycles. The normalized spacial score (nSPS) is 19.8. The molecule has 6 nitrogen and oxygen atoms in total. The van der Waals surface area contributed by atoms with Crippen LogP contribution in [0, 0.1) is 0 Å². The molecule has 0 spiro atoms. The van der Waals surface area contributed by atoms with Crippen LogP contribution in [0.25, 0.3) is 0 Å². The molecule has 90 valence electrons. The molecule has 2 rings (SSSR count). The molecular weight excluding hydrogens is 208 g/mol. The first-order chi connectivity index (χ1) is 7.75. The Kier molecular flexibility index (Phi) is 3.61. The van der Waals surface area contributed by atoms with Crippen molar-refractivity contribution in [3.8, 4) is 0 Å². The lowest BCUT2D eigenvalue weighted by Gasteiger charge is -2.14. The molecule has 3 N–H and O–H groups in total. The van der Waals surface area contributed by atoms with Crippen LogP contribution >= 0.6 is 0 Å². The van der Waals surface area contributed by atoms with Gasteiger partial charge in [0.1, 0.15) is 0 Å². The number of amides is 3. The van der Waals surface area contributed by atoms with Gasteiger partial charge in [0.15, 0.2) is 0 Å². The Balaban J connectivity index is 1.50. The fraction of sp³-hybridized carbons (Fsp3) is 0.800. The van der Waals surface area contributed by atoms with E-state index in [0.29, 0.717) is 25.7 Å². The van der Waals surface area contributed by atoms with Crippen LogP contribution in [0.1, 0.15) is 12.8 Å². The van der Waals surface area contributed by atoms with Gasteiger partial charge in [-0.25, -0.2) is 4.79 Å². The number of carbonyl (C=O) groups is 2. The van der Waals surface area contributed by atoms with E-state index < -0.39 is 0 Å². The topological polar surface area (TPSA) is 73.5 Å². The van der Waals surface area contributed by atoms with E-state index >= 15 is 0 Å². The summed E-state index contributed by atoms with van der Waals surface area (Å²) >= 11 is 0. The zero-order chi connectivity index (χ0) is 11.4. The van der Waals surface area contributed by atoms with E-state index in [1.54, 1.807) is 4.90 Å². The second-order valence-electron chi connectivity index (χ2n) is 4.24. The average Bonchev–Trinajstić information content (AvgIpc) is 2.96. The summed E-state index contributed by atoms with van der Waals surface area (Å²) in [6.45, 7) is 3.13. The summed E-state index contributed by atoms with van der Waals surface area (Å²) in [7, 11) is 0. The summed E-state index contributed by atoms with van der Waals surface area (Å²) < 4.78 is 0. The molecule has 0 bridgehead atoms. The van der Waals surface area contributed by atoms with Crippen LogP contribution in [0.15, 0.2) is 0 Å². The van der Waals surface area contributed by atoms with Crippen molar-refractivity contribution < 1.29 is 9.59 Å². The molecule has 0 aromatic rings. The first-order valence-electron chi connectivity index (χ1n) is 5.78. The summed E-state index contributed by atoms with van der Waals surface area (Å²) in [4.78, 5) is 24.2. The molecule has 0 radical (unpaired) electrons. The van der Waals surface area contributed by atoms with Gasteiger partial charge < -0.3 is 20.9 Å². The fourth-order valence-electron chi connectivity index (χ4n) is 1.65. The van der Waals surface area contributed by atoms with Crippen LogP contribution in [0.5, 0.6) is 0 Å². The van der Waals surface area contributed by atoms with Crippen molar-refractivity contribution in [3.05, 3.63) is 0 Å². The number of urea groups is 1. The average molecular weight is 226 g/mol. The van der Waals surface area contributed by atoms with E-state index in [-0.39, 0.29) is 11.9 Å². The molecule has 1 saturated carbocycles. The van der Waals surface area contributed by atoms with E-state index in [9.17, 15) is 9.59 Å². The van der Waals surface area contributed by atoms with E-state index in [1.165, 1.54) is 0 Å². The monoisotopic (exact) mass is 226 g/mol. The molecular formula is C10H18N4O2. The van der Waals surface area contributed by atoms with Gasteiger partial charge >= 0.3 is 6.03 Å². The maximum Gasteiger partial charge on any atom is 0.317 e. The molecule has 0 atom stereocenters. The lowest BCUT2D eigenvalue weighted by Crippen LogP contribution is -2.39. The van der Waals surface area contributed by atoms with Gasteiger partial charge in [0.25, 0.3) is 0 Å². The maximum atomic E-state index is 11.3. The van der Waals surface area contributed by atoms with Crippen molar-refractivity contribution in [2.24, 2.45) is 0 Å². The van der Waals surface area contributed by atoms with E-state index in [0.717, 1.165) is 25.9 Å². The molecule has 1 heterocycles. The number of nitrogens with zero attached hydrogens (tertiary/aromatic N) is 1. The number of hydrogen-bond donors (Lipinski definition) is 3. The summed E-state index contributed by atoms with van der Waals surface area (Å²) in [6, 6.07) is 0.405. The van der Waals surface area contributed by atoms with Crippen molar-refractivity contribution in [3.63, 3.8) is 0 Å². The third kappa shape index (κ3) is 3.37. The van der Waals surface area contributed by atoms with Crippen LogP contribution in [-0.2, 0) is 4.79 Å². The Labute approximate surface area is 94.7 Å². The fourth-order valence-corrected chi connectivity index (χ4v) is 1.65. The van der Waals surface area contributed by atoms with Crippen LogP contribution in [0.2, 0.25) is 0 Å². The Hall–Kier alpha value is -1.30. The van der Waals surface area contributed by atoms with Crippen LogP contribution in [0.3, 0.4) is 0 Å². The second-order valence-corrected chi connectivity index (χ2v) is 4.24. The van der Waals surface area contributed by atoms with Gasteiger partial charge in [0, 0.05) is 32.2 Å².